The SMILES string of the molecule is O=C(CN1CCCN2CCCC2C1)NCCN1CCCc2ccccc21. The molecule has 3 aliphatic rings. The summed E-state index contributed by atoms with van der Waals surface area (Å²) in [4.78, 5) is 19.8. The molecule has 3 aliphatic heterocycles. The Hall–Kier alpha value is -1.59. The molecular weight excluding hydrogens is 324 g/mol. The minimum Gasteiger partial charge on any atom is -0.370 e. The number of amides is 1. The van der Waals surface area contributed by atoms with Crippen molar-refractivity contribution in [3.05, 3.63) is 29.8 Å². The average molecular weight is 357 g/mol. The lowest BCUT2D eigenvalue weighted by molar-refractivity contribution is -0.122. The molecule has 0 saturated carbocycles. The number of carbonyl (C=O) groups excluding carboxylic acids is 1. The normalized spacial score (nSPS) is 24.0. The van der Waals surface area contributed by atoms with Crippen LogP contribution in [0.25, 0.3) is 0 Å². The molecule has 1 N–H and O–H groups in total. The van der Waals surface area contributed by atoms with Crippen molar-refractivity contribution in [2.45, 2.75) is 38.1 Å². The van der Waals surface area contributed by atoms with E-state index < -0.39 is 0 Å². The Kier molecular flexibility index (Phi) is 5.75. The number of nitrogens with one attached hydrogen (secondary N) is 1. The van der Waals surface area contributed by atoms with Crippen LogP contribution in [-0.4, -0.2) is 74.1 Å². The summed E-state index contributed by atoms with van der Waals surface area (Å²) >= 11 is 0. The highest BCUT2D eigenvalue weighted by Gasteiger charge is 2.29. The minimum atomic E-state index is 0.182. The topological polar surface area (TPSA) is 38.8 Å². The van der Waals surface area contributed by atoms with E-state index in [4.69, 9.17) is 0 Å². The number of hydrogen-bond donors (Lipinski definition) is 1. The highest BCUT2D eigenvalue weighted by atomic mass is 16.2. The molecule has 0 radical (unpaired) electrons. The van der Waals surface area contributed by atoms with Crippen molar-refractivity contribution < 1.29 is 4.79 Å². The molecule has 0 aromatic heterocycles. The molecule has 0 bridgehead atoms. The van der Waals surface area contributed by atoms with E-state index >= 15 is 0 Å². The molecule has 1 amide bonds. The van der Waals surface area contributed by atoms with Gasteiger partial charge in [0, 0.05) is 37.9 Å². The van der Waals surface area contributed by atoms with Crippen molar-refractivity contribution in [2.75, 3.05) is 57.3 Å². The van der Waals surface area contributed by atoms with Crippen molar-refractivity contribution in [3.63, 3.8) is 0 Å². The lowest BCUT2D eigenvalue weighted by Crippen LogP contribution is -2.44. The zero-order chi connectivity index (χ0) is 17.8. The summed E-state index contributed by atoms with van der Waals surface area (Å²) in [5, 5.41) is 3.15. The van der Waals surface area contributed by atoms with Gasteiger partial charge < -0.3 is 10.2 Å². The van der Waals surface area contributed by atoms with E-state index in [-0.39, 0.29) is 5.91 Å². The Morgan fingerprint density at radius 2 is 1.96 bits per heavy atom. The Morgan fingerprint density at radius 3 is 2.92 bits per heavy atom. The lowest BCUT2D eigenvalue weighted by Gasteiger charge is -2.31. The van der Waals surface area contributed by atoms with Crippen molar-refractivity contribution in [1.29, 1.82) is 0 Å². The van der Waals surface area contributed by atoms with Crippen LogP contribution in [0.1, 0.15) is 31.2 Å². The number of aryl methyl sites for hydroxylation is 1. The molecule has 1 atom stereocenters. The third-order valence-corrected chi connectivity index (χ3v) is 6.17. The van der Waals surface area contributed by atoms with Crippen molar-refractivity contribution in [2.24, 2.45) is 0 Å². The van der Waals surface area contributed by atoms with E-state index in [1.165, 1.54) is 56.4 Å². The molecule has 2 fully saturated rings. The highest BCUT2D eigenvalue weighted by molar-refractivity contribution is 5.78. The molecule has 0 aliphatic carbocycles. The van der Waals surface area contributed by atoms with Crippen LogP contribution in [0.2, 0.25) is 0 Å². The van der Waals surface area contributed by atoms with Crippen LogP contribution in [-0.2, 0) is 11.2 Å². The zero-order valence-corrected chi connectivity index (χ0v) is 15.8. The number of carbonyl (C=O) groups is 1. The van der Waals surface area contributed by atoms with Crippen LogP contribution in [0.3, 0.4) is 0 Å². The first-order chi connectivity index (χ1) is 12.8. The molecule has 5 heteroatoms. The first-order valence-electron chi connectivity index (χ1n) is 10.4. The Labute approximate surface area is 157 Å². The molecule has 4 rings (SSSR count). The van der Waals surface area contributed by atoms with Gasteiger partial charge in [-0.15, -0.1) is 0 Å². The van der Waals surface area contributed by atoms with Crippen LogP contribution in [0, 0.1) is 0 Å². The van der Waals surface area contributed by atoms with Crippen molar-refractivity contribution in [3.8, 4) is 0 Å². The second kappa shape index (κ2) is 8.40. The van der Waals surface area contributed by atoms with Crippen LogP contribution in [0.15, 0.2) is 24.3 Å². The monoisotopic (exact) mass is 356 g/mol. The quantitative estimate of drug-likeness (QED) is 0.872. The lowest BCUT2D eigenvalue weighted by atomic mass is 10.0. The van der Waals surface area contributed by atoms with Gasteiger partial charge in [0.25, 0.3) is 0 Å². The van der Waals surface area contributed by atoms with Crippen LogP contribution < -0.4 is 10.2 Å². The molecular formula is C21H32N4O. The van der Waals surface area contributed by atoms with Gasteiger partial charge in [-0.1, -0.05) is 18.2 Å². The second-order valence-corrected chi connectivity index (χ2v) is 7.99. The fourth-order valence-electron chi connectivity index (χ4n) is 4.86. The van der Waals surface area contributed by atoms with E-state index in [0.29, 0.717) is 12.6 Å². The molecule has 0 spiro atoms. The summed E-state index contributed by atoms with van der Waals surface area (Å²) in [5.41, 5.74) is 2.79. The largest absolute Gasteiger partial charge is 0.370 e. The summed E-state index contributed by atoms with van der Waals surface area (Å²) in [6.45, 7) is 7.86. The molecule has 142 valence electrons. The van der Waals surface area contributed by atoms with Gasteiger partial charge in [0.2, 0.25) is 5.91 Å². The number of anilines is 1. The first kappa shape index (κ1) is 17.8. The van der Waals surface area contributed by atoms with E-state index in [0.717, 1.165) is 32.7 Å². The van der Waals surface area contributed by atoms with E-state index in [1.807, 2.05) is 0 Å². The van der Waals surface area contributed by atoms with Gasteiger partial charge in [-0.25, -0.2) is 0 Å². The molecule has 3 heterocycles. The molecule has 5 nitrogen and oxygen atoms in total. The number of nitrogens with zero attached hydrogens (tertiary/aromatic N) is 3. The predicted octanol–water partition coefficient (Wildman–Crippen LogP) is 1.73. The minimum absolute atomic E-state index is 0.182. The zero-order valence-electron chi connectivity index (χ0n) is 15.8. The molecule has 1 aromatic carbocycles. The third-order valence-electron chi connectivity index (χ3n) is 6.17. The van der Waals surface area contributed by atoms with Gasteiger partial charge in [-0.3, -0.25) is 14.6 Å². The molecule has 1 aromatic rings. The van der Waals surface area contributed by atoms with Gasteiger partial charge in [0.05, 0.1) is 6.54 Å². The number of para-hydroxylation sites is 1. The third kappa shape index (κ3) is 4.21. The Morgan fingerprint density at radius 1 is 1.08 bits per heavy atom. The fraction of sp³-hybridized carbons (Fsp3) is 0.667. The maximum atomic E-state index is 12.4. The van der Waals surface area contributed by atoms with Gasteiger partial charge in [-0.2, -0.15) is 0 Å². The predicted molar refractivity (Wildman–Crippen MR) is 106 cm³/mol. The van der Waals surface area contributed by atoms with Crippen LogP contribution >= 0.6 is 0 Å². The summed E-state index contributed by atoms with van der Waals surface area (Å²) in [7, 11) is 0. The standard InChI is InChI=1S/C21H32N4O/c26-21(17-23-11-5-14-24-12-4-8-19(24)16-23)22-10-15-25-13-3-7-18-6-1-2-9-20(18)25/h1-2,6,9,19H,3-5,7-8,10-17H2,(H,22,26). The van der Waals surface area contributed by atoms with Gasteiger partial charge in [0.15, 0.2) is 0 Å². The Balaban J connectivity index is 1.22. The smallest absolute Gasteiger partial charge is 0.234 e. The van der Waals surface area contributed by atoms with Crippen molar-refractivity contribution >= 4 is 11.6 Å². The molecule has 1 unspecified atom stereocenters. The first-order valence-corrected chi connectivity index (χ1v) is 10.4. The van der Waals surface area contributed by atoms with Gasteiger partial charge in [0.1, 0.15) is 0 Å². The van der Waals surface area contributed by atoms with Crippen molar-refractivity contribution in [1.82, 2.24) is 15.1 Å². The maximum Gasteiger partial charge on any atom is 0.234 e. The number of rotatable bonds is 5. The summed E-state index contributed by atoms with van der Waals surface area (Å²) in [5.74, 6) is 0.182. The Bertz CT molecular complexity index is 620. The number of hydrogen-bond acceptors (Lipinski definition) is 4. The maximum absolute atomic E-state index is 12.4. The van der Waals surface area contributed by atoms with Crippen LogP contribution in [0.4, 0.5) is 5.69 Å². The number of fused-ring (bicyclic) bond motifs is 2. The van der Waals surface area contributed by atoms with Gasteiger partial charge in [-0.05, 0) is 63.4 Å². The van der Waals surface area contributed by atoms with E-state index in [2.05, 4.69) is 44.3 Å². The fourth-order valence-corrected chi connectivity index (χ4v) is 4.86. The number of benzene rings is 1. The van der Waals surface area contributed by atoms with Gasteiger partial charge >= 0.3 is 0 Å². The van der Waals surface area contributed by atoms with E-state index in [9.17, 15) is 4.79 Å². The second-order valence-electron chi connectivity index (χ2n) is 7.99. The van der Waals surface area contributed by atoms with Crippen LogP contribution in [0.5, 0.6) is 0 Å². The van der Waals surface area contributed by atoms with E-state index in [1.54, 1.807) is 0 Å². The summed E-state index contributed by atoms with van der Waals surface area (Å²) < 4.78 is 0. The molecule has 26 heavy (non-hydrogen) atoms. The average Bonchev–Trinajstić information content (AvgIpc) is 3.00. The molecule has 2 saturated heterocycles. The summed E-state index contributed by atoms with van der Waals surface area (Å²) in [6.07, 6.45) is 6.19. The summed E-state index contributed by atoms with van der Waals surface area (Å²) in [6, 6.07) is 9.35. The highest BCUT2D eigenvalue weighted by Crippen LogP contribution is 2.26.